The molecule has 0 aliphatic rings. The number of nitrogens with zero attached hydrogens (tertiary/aromatic N) is 2. The van der Waals surface area contributed by atoms with Gasteiger partial charge in [0.25, 0.3) is 0 Å². The van der Waals surface area contributed by atoms with E-state index in [1.165, 1.54) is 6.07 Å². The van der Waals surface area contributed by atoms with Gasteiger partial charge < -0.3 is 10.2 Å². The monoisotopic (exact) mass is 374 g/mol. The van der Waals surface area contributed by atoms with Gasteiger partial charge in [0.15, 0.2) is 0 Å². The van der Waals surface area contributed by atoms with E-state index in [0.717, 1.165) is 28.1 Å². The molecule has 140 valence electrons. The standard InChI is InChI=1S/C23H19FN2O2/c1-2-19-22(15-7-11-17(27)12-8-15)25-26(21-6-4-3-5-20(21)24)23(19)16-9-13-18(28)14-10-16/h3-14,27-28H,2H2,1H3. The van der Waals surface area contributed by atoms with Gasteiger partial charge in [-0.1, -0.05) is 19.1 Å². The van der Waals surface area contributed by atoms with Gasteiger partial charge in [-0.3, -0.25) is 0 Å². The highest BCUT2D eigenvalue weighted by molar-refractivity contribution is 5.76. The summed E-state index contributed by atoms with van der Waals surface area (Å²) in [4.78, 5) is 0. The smallest absolute Gasteiger partial charge is 0.148 e. The number of hydrogen-bond donors (Lipinski definition) is 2. The Morgan fingerprint density at radius 3 is 1.96 bits per heavy atom. The van der Waals surface area contributed by atoms with E-state index in [-0.39, 0.29) is 17.3 Å². The third kappa shape index (κ3) is 3.11. The molecule has 4 nitrogen and oxygen atoms in total. The maximum atomic E-state index is 14.6. The highest BCUT2D eigenvalue weighted by atomic mass is 19.1. The van der Waals surface area contributed by atoms with Crippen LogP contribution >= 0.6 is 0 Å². The second kappa shape index (κ2) is 7.19. The van der Waals surface area contributed by atoms with Crippen molar-refractivity contribution in [2.45, 2.75) is 13.3 Å². The summed E-state index contributed by atoms with van der Waals surface area (Å²) in [6.07, 6.45) is 0.681. The van der Waals surface area contributed by atoms with Gasteiger partial charge in [-0.05, 0) is 67.1 Å². The molecule has 3 aromatic carbocycles. The van der Waals surface area contributed by atoms with Crippen LogP contribution in [0, 0.1) is 5.82 Å². The van der Waals surface area contributed by atoms with Gasteiger partial charge in [0.05, 0.1) is 11.4 Å². The van der Waals surface area contributed by atoms with E-state index in [4.69, 9.17) is 5.10 Å². The number of aromatic hydroxyl groups is 2. The first-order valence-corrected chi connectivity index (χ1v) is 9.04. The first-order chi connectivity index (χ1) is 13.6. The molecule has 5 heteroatoms. The molecule has 0 aliphatic carbocycles. The van der Waals surface area contributed by atoms with Crippen LogP contribution in [0.2, 0.25) is 0 Å². The Balaban J connectivity index is 2.02. The first kappa shape index (κ1) is 17.8. The van der Waals surface area contributed by atoms with Crippen molar-refractivity contribution >= 4 is 0 Å². The van der Waals surface area contributed by atoms with Crippen molar-refractivity contribution in [1.82, 2.24) is 9.78 Å². The predicted octanol–water partition coefficient (Wildman–Crippen LogP) is 5.32. The quantitative estimate of drug-likeness (QED) is 0.508. The summed E-state index contributed by atoms with van der Waals surface area (Å²) in [5, 5.41) is 24.0. The fourth-order valence-electron chi connectivity index (χ4n) is 3.35. The van der Waals surface area contributed by atoms with Crippen LogP contribution in [0.25, 0.3) is 28.2 Å². The summed E-state index contributed by atoms with van der Waals surface area (Å²) in [6, 6.07) is 20.1. The fraction of sp³-hybridized carbons (Fsp3) is 0.0870. The van der Waals surface area contributed by atoms with Crippen LogP contribution in [0.15, 0.2) is 72.8 Å². The number of para-hydroxylation sites is 1. The minimum absolute atomic E-state index is 0.164. The fourth-order valence-corrected chi connectivity index (χ4v) is 3.35. The van der Waals surface area contributed by atoms with E-state index >= 15 is 0 Å². The van der Waals surface area contributed by atoms with Crippen LogP contribution in [0.5, 0.6) is 11.5 Å². The zero-order chi connectivity index (χ0) is 19.7. The lowest BCUT2D eigenvalue weighted by Gasteiger charge is -2.10. The molecule has 1 aromatic heterocycles. The Morgan fingerprint density at radius 1 is 0.821 bits per heavy atom. The van der Waals surface area contributed by atoms with Gasteiger partial charge in [-0.2, -0.15) is 5.10 Å². The number of aromatic nitrogens is 2. The van der Waals surface area contributed by atoms with Gasteiger partial charge in [0.2, 0.25) is 0 Å². The van der Waals surface area contributed by atoms with Gasteiger partial charge in [-0.15, -0.1) is 0 Å². The van der Waals surface area contributed by atoms with E-state index in [2.05, 4.69) is 0 Å². The van der Waals surface area contributed by atoms with E-state index in [0.29, 0.717) is 12.1 Å². The van der Waals surface area contributed by atoms with Crippen molar-refractivity contribution < 1.29 is 14.6 Å². The number of phenols is 2. The molecule has 2 N–H and O–H groups in total. The van der Waals surface area contributed by atoms with Gasteiger partial charge >= 0.3 is 0 Å². The zero-order valence-corrected chi connectivity index (χ0v) is 15.3. The summed E-state index contributed by atoms with van der Waals surface area (Å²) in [6.45, 7) is 2.02. The molecule has 0 unspecified atom stereocenters. The average Bonchev–Trinajstić information content (AvgIpc) is 3.09. The number of benzene rings is 3. The minimum Gasteiger partial charge on any atom is -0.508 e. The first-order valence-electron chi connectivity index (χ1n) is 9.04. The molecule has 0 spiro atoms. The third-order valence-corrected chi connectivity index (χ3v) is 4.70. The largest absolute Gasteiger partial charge is 0.508 e. The Labute approximate surface area is 162 Å². The summed E-state index contributed by atoms with van der Waals surface area (Å²) in [5.41, 5.74) is 4.48. The maximum Gasteiger partial charge on any atom is 0.148 e. The summed E-state index contributed by atoms with van der Waals surface area (Å²) >= 11 is 0. The van der Waals surface area contributed by atoms with Crippen molar-refractivity contribution in [3.05, 3.63) is 84.2 Å². The Kier molecular flexibility index (Phi) is 4.57. The molecular formula is C23H19FN2O2. The molecule has 0 amide bonds. The maximum absolute atomic E-state index is 14.6. The van der Waals surface area contributed by atoms with E-state index in [1.807, 2.05) is 6.92 Å². The van der Waals surface area contributed by atoms with Gasteiger partial charge in [0.1, 0.15) is 23.0 Å². The molecule has 1 heterocycles. The molecule has 0 aliphatic heterocycles. The lowest BCUT2D eigenvalue weighted by Crippen LogP contribution is -2.02. The van der Waals surface area contributed by atoms with Gasteiger partial charge in [0, 0.05) is 16.7 Å². The van der Waals surface area contributed by atoms with Crippen LogP contribution in [0.4, 0.5) is 4.39 Å². The van der Waals surface area contributed by atoms with Crippen molar-refractivity contribution in [3.8, 4) is 39.7 Å². The molecule has 0 fully saturated rings. The Bertz CT molecular complexity index is 1120. The molecule has 0 saturated heterocycles. The third-order valence-electron chi connectivity index (χ3n) is 4.70. The second-order valence-corrected chi connectivity index (χ2v) is 6.49. The topological polar surface area (TPSA) is 58.3 Å². The number of phenolic OH excluding ortho intramolecular Hbond substituents is 2. The number of rotatable bonds is 4. The van der Waals surface area contributed by atoms with E-state index in [9.17, 15) is 14.6 Å². The molecule has 0 bridgehead atoms. The van der Waals surface area contributed by atoms with Crippen molar-refractivity contribution in [1.29, 1.82) is 0 Å². The lowest BCUT2D eigenvalue weighted by atomic mass is 9.99. The highest BCUT2D eigenvalue weighted by Crippen LogP contribution is 2.36. The molecule has 0 saturated carbocycles. The van der Waals surface area contributed by atoms with Crippen molar-refractivity contribution in [3.63, 3.8) is 0 Å². The lowest BCUT2D eigenvalue weighted by molar-refractivity contribution is 0.475. The molecule has 0 atom stereocenters. The normalized spacial score (nSPS) is 10.9. The molecule has 4 aromatic rings. The highest BCUT2D eigenvalue weighted by Gasteiger charge is 2.21. The zero-order valence-electron chi connectivity index (χ0n) is 15.3. The molecule has 28 heavy (non-hydrogen) atoms. The van der Waals surface area contributed by atoms with Crippen LogP contribution in [-0.4, -0.2) is 20.0 Å². The van der Waals surface area contributed by atoms with Crippen LogP contribution in [-0.2, 0) is 6.42 Å². The average molecular weight is 374 g/mol. The van der Waals surface area contributed by atoms with Crippen LogP contribution in [0.3, 0.4) is 0 Å². The van der Waals surface area contributed by atoms with Crippen molar-refractivity contribution in [2.75, 3.05) is 0 Å². The summed E-state index contributed by atoms with van der Waals surface area (Å²) in [5.74, 6) is -0.0310. The van der Waals surface area contributed by atoms with E-state index in [1.54, 1.807) is 71.4 Å². The predicted molar refractivity (Wildman–Crippen MR) is 107 cm³/mol. The Morgan fingerprint density at radius 2 is 1.39 bits per heavy atom. The van der Waals surface area contributed by atoms with Crippen LogP contribution < -0.4 is 0 Å². The van der Waals surface area contributed by atoms with E-state index < -0.39 is 0 Å². The summed E-state index contributed by atoms with van der Waals surface area (Å²) < 4.78 is 16.2. The Hall–Kier alpha value is -3.60. The van der Waals surface area contributed by atoms with Crippen LogP contribution in [0.1, 0.15) is 12.5 Å². The van der Waals surface area contributed by atoms with Crippen molar-refractivity contribution in [2.24, 2.45) is 0 Å². The molecule has 0 radical (unpaired) electrons. The minimum atomic E-state index is -0.370. The molecular weight excluding hydrogens is 355 g/mol. The molecule has 4 rings (SSSR count). The number of halogens is 1. The SMILES string of the molecule is CCc1c(-c2ccc(O)cc2)nn(-c2ccccc2F)c1-c1ccc(O)cc1. The summed E-state index contributed by atoms with van der Waals surface area (Å²) in [7, 11) is 0. The number of hydrogen-bond acceptors (Lipinski definition) is 3. The van der Waals surface area contributed by atoms with Gasteiger partial charge in [-0.25, -0.2) is 9.07 Å². The second-order valence-electron chi connectivity index (χ2n) is 6.49.